The molecule has 8 heteroatoms. The number of aromatic nitrogens is 2. The molecule has 1 heterocycles. The molecule has 0 saturated carbocycles. The first-order valence-electron chi connectivity index (χ1n) is 6.63. The molecular weight excluding hydrogens is 289 g/mol. The van der Waals surface area contributed by atoms with Gasteiger partial charge in [-0.3, -0.25) is 0 Å². The summed E-state index contributed by atoms with van der Waals surface area (Å²) in [5, 5.41) is -1.50. The molecule has 112 valence electrons. The molecule has 2 N–H and O–H groups in total. The predicted octanol–water partition coefficient (Wildman–Crippen LogP) is 2.56. The Hall–Kier alpha value is -1.69. The largest absolute Gasteiger partial charge is 0.434 e. The summed E-state index contributed by atoms with van der Waals surface area (Å²) in [6.45, 7) is 3.56. The van der Waals surface area contributed by atoms with E-state index < -0.39 is 17.2 Å². The molecule has 0 atom stereocenters. The molecule has 22 heavy (non-hydrogen) atoms. The molecule has 0 amide bonds. The van der Waals surface area contributed by atoms with E-state index in [1.165, 1.54) is 4.57 Å². The van der Waals surface area contributed by atoms with Crippen molar-refractivity contribution >= 4 is 15.7 Å². The van der Waals surface area contributed by atoms with Gasteiger partial charge < -0.3 is 10.3 Å². The summed E-state index contributed by atoms with van der Waals surface area (Å²) in [7, 11) is 11.1. The van der Waals surface area contributed by atoms with E-state index >= 15 is 0 Å². The number of nitrogens with zero attached hydrogens (tertiary/aromatic N) is 2. The van der Waals surface area contributed by atoms with Gasteiger partial charge in [0.1, 0.15) is 5.82 Å². The van der Waals surface area contributed by atoms with Gasteiger partial charge in [0.25, 0.3) is 0 Å². The molecule has 1 aromatic heterocycles. The highest BCUT2D eigenvalue weighted by Gasteiger charge is 2.35. The minimum absolute atomic E-state index is 0.170. The van der Waals surface area contributed by atoms with E-state index in [4.69, 9.17) is 21.4 Å². The minimum Gasteiger partial charge on any atom is -0.337 e. The molecule has 0 aliphatic heterocycles. The van der Waals surface area contributed by atoms with E-state index in [0.29, 0.717) is 11.1 Å². The van der Waals surface area contributed by atoms with Gasteiger partial charge in [0.05, 0.1) is 15.7 Å². The number of hydrogen-bond donors (Lipinski definition) is 1. The maximum atomic E-state index is 12.9. The highest BCUT2D eigenvalue weighted by atomic mass is 19.4. The SMILES string of the molecule is [B]C([B])(N)c1ccc(-c2nc(C(F)(F)F)cn2C(C)C)cc1. The molecule has 0 saturated heterocycles. The second-order valence-electron chi connectivity index (χ2n) is 5.46. The third-order valence-corrected chi connectivity index (χ3v) is 3.22. The molecule has 2 rings (SSSR count). The van der Waals surface area contributed by atoms with Crippen LogP contribution in [0.15, 0.2) is 30.5 Å². The molecule has 0 bridgehead atoms. The third kappa shape index (κ3) is 3.38. The molecule has 0 aliphatic rings. The van der Waals surface area contributed by atoms with Gasteiger partial charge in [0, 0.05) is 17.8 Å². The molecular formula is C14H14B2F3N3. The molecule has 0 unspecified atom stereocenters. The Balaban J connectivity index is 2.50. The van der Waals surface area contributed by atoms with Gasteiger partial charge in [-0.15, -0.1) is 0 Å². The average molecular weight is 303 g/mol. The number of halogens is 3. The summed E-state index contributed by atoms with van der Waals surface area (Å²) >= 11 is 0. The van der Waals surface area contributed by atoms with Crippen LogP contribution in [0.25, 0.3) is 11.4 Å². The number of alkyl halides is 3. The number of benzene rings is 1. The summed E-state index contributed by atoms with van der Waals surface area (Å²) < 4.78 is 40.0. The van der Waals surface area contributed by atoms with Gasteiger partial charge in [-0.1, -0.05) is 24.3 Å². The van der Waals surface area contributed by atoms with Crippen molar-refractivity contribution in [2.75, 3.05) is 0 Å². The van der Waals surface area contributed by atoms with Gasteiger partial charge in [-0.2, -0.15) is 13.2 Å². The number of nitrogens with two attached hydrogens (primary N) is 1. The lowest BCUT2D eigenvalue weighted by Crippen LogP contribution is -2.37. The van der Waals surface area contributed by atoms with Crippen molar-refractivity contribution in [3.05, 3.63) is 41.7 Å². The molecule has 0 fully saturated rings. The first kappa shape index (κ1) is 16.7. The zero-order valence-corrected chi connectivity index (χ0v) is 12.2. The van der Waals surface area contributed by atoms with Crippen molar-refractivity contribution in [2.24, 2.45) is 5.73 Å². The zero-order valence-electron chi connectivity index (χ0n) is 12.2. The second-order valence-corrected chi connectivity index (χ2v) is 5.46. The summed E-state index contributed by atoms with van der Waals surface area (Å²) in [6, 6.07) is 6.16. The van der Waals surface area contributed by atoms with E-state index in [0.717, 1.165) is 6.20 Å². The lowest BCUT2D eigenvalue weighted by molar-refractivity contribution is -0.140. The fourth-order valence-electron chi connectivity index (χ4n) is 2.05. The fraction of sp³-hybridized carbons (Fsp3) is 0.357. The van der Waals surface area contributed by atoms with Gasteiger partial charge in [0.2, 0.25) is 0 Å². The number of imidazole rings is 1. The van der Waals surface area contributed by atoms with Crippen LogP contribution in [-0.4, -0.2) is 25.2 Å². The molecule has 2 aromatic rings. The first-order chi connectivity index (χ1) is 10.00. The Morgan fingerprint density at radius 1 is 1.14 bits per heavy atom. The monoisotopic (exact) mass is 303 g/mol. The van der Waals surface area contributed by atoms with Crippen molar-refractivity contribution in [1.29, 1.82) is 0 Å². The zero-order chi connectivity index (χ0) is 16.7. The van der Waals surface area contributed by atoms with Crippen LogP contribution in [0.4, 0.5) is 13.2 Å². The van der Waals surface area contributed by atoms with E-state index in [2.05, 4.69) is 4.98 Å². The van der Waals surface area contributed by atoms with Gasteiger partial charge in [-0.25, -0.2) is 4.98 Å². The van der Waals surface area contributed by atoms with Crippen LogP contribution < -0.4 is 5.73 Å². The Bertz CT molecular complexity index is 655. The van der Waals surface area contributed by atoms with E-state index in [1.807, 2.05) is 0 Å². The summed E-state index contributed by atoms with van der Waals surface area (Å²) in [4.78, 5) is 3.71. The highest BCUT2D eigenvalue weighted by molar-refractivity contribution is 6.39. The van der Waals surface area contributed by atoms with Crippen LogP contribution in [-0.2, 0) is 11.5 Å². The summed E-state index contributed by atoms with van der Waals surface area (Å²) in [5.74, 6) is 0.227. The average Bonchev–Trinajstić information content (AvgIpc) is 2.82. The topological polar surface area (TPSA) is 43.8 Å². The van der Waals surface area contributed by atoms with E-state index in [1.54, 1.807) is 38.1 Å². The summed E-state index contributed by atoms with van der Waals surface area (Å²) in [6.07, 6.45) is -3.48. The first-order valence-corrected chi connectivity index (χ1v) is 6.63. The van der Waals surface area contributed by atoms with Crippen molar-refractivity contribution in [3.8, 4) is 11.4 Å². The molecule has 0 spiro atoms. The molecule has 1 aromatic carbocycles. The molecule has 4 radical (unpaired) electrons. The smallest absolute Gasteiger partial charge is 0.337 e. The van der Waals surface area contributed by atoms with Crippen LogP contribution in [0.3, 0.4) is 0 Å². The third-order valence-electron chi connectivity index (χ3n) is 3.22. The Morgan fingerprint density at radius 2 is 1.68 bits per heavy atom. The maximum Gasteiger partial charge on any atom is 0.434 e. The number of rotatable bonds is 3. The van der Waals surface area contributed by atoms with Crippen LogP contribution >= 0.6 is 0 Å². The summed E-state index contributed by atoms with van der Waals surface area (Å²) in [5.41, 5.74) is 5.64. The maximum absolute atomic E-state index is 12.9. The van der Waals surface area contributed by atoms with E-state index in [-0.39, 0.29) is 11.9 Å². The highest BCUT2D eigenvalue weighted by Crippen LogP contribution is 2.32. The lowest BCUT2D eigenvalue weighted by atomic mass is 9.59. The standard InChI is InChI=1S/C14H14B2F3N3/c1-8(2)22-7-11(14(17,18)19)21-12(22)9-3-5-10(6-4-9)13(15,16)20/h3-8H,20H2,1-2H3. The van der Waals surface area contributed by atoms with Crippen molar-refractivity contribution in [1.82, 2.24) is 9.55 Å². The van der Waals surface area contributed by atoms with Crippen molar-refractivity contribution in [2.45, 2.75) is 31.4 Å². The Morgan fingerprint density at radius 3 is 2.09 bits per heavy atom. The fourth-order valence-corrected chi connectivity index (χ4v) is 2.05. The second kappa shape index (κ2) is 5.50. The number of hydrogen-bond acceptors (Lipinski definition) is 2. The normalized spacial score (nSPS) is 12.9. The van der Waals surface area contributed by atoms with Gasteiger partial charge >= 0.3 is 6.18 Å². The van der Waals surface area contributed by atoms with Crippen LogP contribution in [0, 0.1) is 0 Å². The Kier molecular flexibility index (Phi) is 4.17. The predicted molar refractivity (Wildman–Crippen MR) is 80.4 cm³/mol. The van der Waals surface area contributed by atoms with Crippen LogP contribution in [0.5, 0.6) is 0 Å². The van der Waals surface area contributed by atoms with E-state index in [9.17, 15) is 13.2 Å². The lowest BCUT2D eigenvalue weighted by Gasteiger charge is -2.20. The van der Waals surface area contributed by atoms with Crippen molar-refractivity contribution in [3.63, 3.8) is 0 Å². The van der Waals surface area contributed by atoms with Crippen LogP contribution in [0.2, 0.25) is 0 Å². The van der Waals surface area contributed by atoms with Crippen molar-refractivity contribution < 1.29 is 13.2 Å². The van der Waals surface area contributed by atoms with Crippen LogP contribution in [0.1, 0.15) is 31.1 Å². The van der Waals surface area contributed by atoms with Gasteiger partial charge in [0.15, 0.2) is 5.69 Å². The molecule has 3 nitrogen and oxygen atoms in total. The quantitative estimate of drug-likeness (QED) is 0.886. The van der Waals surface area contributed by atoms with Gasteiger partial charge in [-0.05, 0) is 24.7 Å². The Labute approximate surface area is 129 Å². The minimum atomic E-state index is -4.49. The molecule has 0 aliphatic carbocycles.